The van der Waals surface area contributed by atoms with Gasteiger partial charge >= 0.3 is 5.97 Å². The van der Waals surface area contributed by atoms with Gasteiger partial charge in [0.05, 0.1) is 5.57 Å². The Morgan fingerprint density at radius 2 is 1.96 bits per heavy atom. The zero-order valence-corrected chi connectivity index (χ0v) is 17.1. The summed E-state index contributed by atoms with van der Waals surface area (Å²) in [6, 6.07) is 5.50. The number of ether oxygens (including phenoxy) is 1. The lowest BCUT2D eigenvalue weighted by molar-refractivity contribution is -0.152. The minimum Gasteiger partial charge on any atom is -0.459 e. The predicted molar refractivity (Wildman–Crippen MR) is 105 cm³/mol. The molecule has 138 valence electrons. The molecule has 1 aliphatic carbocycles. The highest BCUT2D eigenvalue weighted by Crippen LogP contribution is 2.36. The normalized spacial score (nSPS) is 25.7. The van der Waals surface area contributed by atoms with Crippen LogP contribution < -0.4 is 0 Å². The summed E-state index contributed by atoms with van der Waals surface area (Å²) in [5.41, 5.74) is 0.659. The SMILES string of the molecule is CC(C)[C@@H]1CC[C@@H](C)C[C@H]1OC(=O)/C(=C\I)[C@H](O)c1ccc(F)cc1. The van der Waals surface area contributed by atoms with Crippen molar-refractivity contribution in [1.29, 1.82) is 0 Å². The lowest BCUT2D eigenvalue weighted by atomic mass is 9.75. The maximum absolute atomic E-state index is 13.1. The number of benzene rings is 1. The van der Waals surface area contributed by atoms with Crippen molar-refractivity contribution in [3.63, 3.8) is 0 Å². The van der Waals surface area contributed by atoms with Crippen molar-refractivity contribution in [3.8, 4) is 0 Å². The third-order valence-corrected chi connectivity index (χ3v) is 5.72. The van der Waals surface area contributed by atoms with Crippen LogP contribution in [-0.2, 0) is 9.53 Å². The fourth-order valence-corrected chi connectivity index (χ4v) is 4.09. The Bertz CT molecular complexity index is 612. The molecule has 0 amide bonds. The van der Waals surface area contributed by atoms with E-state index in [2.05, 4.69) is 20.8 Å². The number of halogens is 2. The summed E-state index contributed by atoms with van der Waals surface area (Å²) in [7, 11) is 0. The lowest BCUT2D eigenvalue weighted by Gasteiger charge is -2.37. The van der Waals surface area contributed by atoms with E-state index in [1.165, 1.54) is 24.3 Å². The maximum atomic E-state index is 13.1. The summed E-state index contributed by atoms with van der Waals surface area (Å²) >= 11 is 1.93. The van der Waals surface area contributed by atoms with Crippen LogP contribution in [0.1, 0.15) is 51.7 Å². The second-order valence-corrected chi connectivity index (χ2v) is 7.91. The van der Waals surface area contributed by atoms with E-state index in [9.17, 15) is 14.3 Å². The zero-order valence-electron chi connectivity index (χ0n) is 14.9. The van der Waals surface area contributed by atoms with Crippen molar-refractivity contribution >= 4 is 28.6 Å². The number of hydrogen-bond donors (Lipinski definition) is 1. The number of carbonyl (C=O) groups is 1. The Morgan fingerprint density at radius 3 is 2.52 bits per heavy atom. The molecule has 0 saturated heterocycles. The molecule has 2 rings (SSSR count). The molecule has 1 saturated carbocycles. The van der Waals surface area contributed by atoms with Crippen LogP contribution in [0.25, 0.3) is 0 Å². The topological polar surface area (TPSA) is 46.5 Å². The van der Waals surface area contributed by atoms with Crippen molar-refractivity contribution in [2.75, 3.05) is 0 Å². The fraction of sp³-hybridized carbons (Fsp3) is 0.550. The summed E-state index contributed by atoms with van der Waals surface area (Å²) in [5, 5.41) is 10.5. The van der Waals surface area contributed by atoms with Gasteiger partial charge in [-0.1, -0.05) is 61.9 Å². The van der Waals surface area contributed by atoms with E-state index in [1.807, 2.05) is 22.6 Å². The van der Waals surface area contributed by atoms with Crippen molar-refractivity contribution < 1.29 is 19.0 Å². The molecule has 0 spiro atoms. The van der Waals surface area contributed by atoms with Gasteiger partial charge in [-0.2, -0.15) is 0 Å². The van der Waals surface area contributed by atoms with Crippen LogP contribution in [0.3, 0.4) is 0 Å². The third-order valence-electron chi connectivity index (χ3n) is 5.05. The van der Waals surface area contributed by atoms with Gasteiger partial charge in [-0.25, -0.2) is 9.18 Å². The molecule has 1 aromatic rings. The standard InChI is InChI=1S/C20H26FIO3/c1-12(2)16-9-4-13(3)10-18(16)25-20(24)17(11-22)19(23)14-5-7-15(21)8-6-14/h5-8,11-13,16,18-19,23H,4,9-10H2,1-3H3/b17-11-/t13-,16+,18-,19-/m1/s1. The Kier molecular flexibility index (Phi) is 7.43. The Morgan fingerprint density at radius 1 is 1.32 bits per heavy atom. The summed E-state index contributed by atoms with van der Waals surface area (Å²) in [4.78, 5) is 12.7. The molecule has 0 radical (unpaired) electrons. The van der Waals surface area contributed by atoms with E-state index in [1.54, 1.807) is 4.08 Å². The van der Waals surface area contributed by atoms with E-state index in [0.29, 0.717) is 23.3 Å². The van der Waals surface area contributed by atoms with Gasteiger partial charge in [-0.3, -0.25) is 0 Å². The molecule has 1 aromatic carbocycles. The number of rotatable bonds is 5. The fourth-order valence-electron chi connectivity index (χ4n) is 3.50. The number of aliphatic hydroxyl groups excluding tert-OH is 1. The van der Waals surface area contributed by atoms with Crippen molar-refractivity contribution in [2.45, 2.75) is 52.2 Å². The van der Waals surface area contributed by atoms with Gasteiger partial charge in [0.1, 0.15) is 18.0 Å². The highest BCUT2D eigenvalue weighted by Gasteiger charge is 2.34. The summed E-state index contributed by atoms with van der Waals surface area (Å²) < 4.78 is 20.4. The van der Waals surface area contributed by atoms with E-state index >= 15 is 0 Å². The number of esters is 1. The largest absolute Gasteiger partial charge is 0.459 e. The van der Waals surface area contributed by atoms with Gasteiger partial charge in [0.25, 0.3) is 0 Å². The molecule has 1 N–H and O–H groups in total. The first kappa shape index (κ1) is 20.4. The molecule has 0 bridgehead atoms. The average Bonchev–Trinajstić information content (AvgIpc) is 2.55. The Hall–Kier alpha value is -0.950. The lowest BCUT2D eigenvalue weighted by Crippen LogP contribution is -2.36. The molecule has 0 aromatic heterocycles. The molecule has 1 aliphatic rings. The van der Waals surface area contributed by atoms with E-state index in [0.717, 1.165) is 19.3 Å². The summed E-state index contributed by atoms with van der Waals surface area (Å²) in [6.45, 7) is 6.49. The van der Waals surface area contributed by atoms with Crippen molar-refractivity contribution in [2.24, 2.45) is 17.8 Å². The van der Waals surface area contributed by atoms with Crippen molar-refractivity contribution in [3.05, 3.63) is 45.3 Å². The van der Waals surface area contributed by atoms with Gasteiger partial charge < -0.3 is 9.84 Å². The highest BCUT2D eigenvalue weighted by molar-refractivity contribution is 14.1. The van der Waals surface area contributed by atoms with Gasteiger partial charge in [0.15, 0.2) is 0 Å². The first-order chi connectivity index (χ1) is 11.8. The van der Waals surface area contributed by atoms with Gasteiger partial charge in [0, 0.05) is 0 Å². The second kappa shape index (κ2) is 9.12. The van der Waals surface area contributed by atoms with Crippen LogP contribution in [-0.4, -0.2) is 17.2 Å². The van der Waals surface area contributed by atoms with Crippen LogP contribution in [0.15, 0.2) is 33.9 Å². The predicted octanol–water partition coefficient (Wildman–Crippen LogP) is 5.18. The monoisotopic (exact) mass is 460 g/mol. The highest BCUT2D eigenvalue weighted by atomic mass is 127. The van der Waals surface area contributed by atoms with Crippen LogP contribution >= 0.6 is 22.6 Å². The second-order valence-electron chi connectivity index (χ2n) is 7.29. The molecule has 4 atom stereocenters. The number of carbonyl (C=O) groups excluding carboxylic acids is 1. The van der Waals surface area contributed by atoms with Crippen LogP contribution in [0, 0.1) is 23.6 Å². The molecule has 1 fully saturated rings. The first-order valence-electron chi connectivity index (χ1n) is 8.78. The Balaban J connectivity index is 2.12. The number of aliphatic hydroxyl groups is 1. The first-order valence-corrected chi connectivity index (χ1v) is 10.0. The van der Waals surface area contributed by atoms with E-state index < -0.39 is 12.1 Å². The average molecular weight is 460 g/mol. The quantitative estimate of drug-likeness (QED) is 0.374. The van der Waals surface area contributed by atoms with Gasteiger partial charge in [0.2, 0.25) is 0 Å². The minimum atomic E-state index is -1.12. The summed E-state index contributed by atoms with van der Waals surface area (Å²) in [6.07, 6.45) is 1.83. The molecule has 25 heavy (non-hydrogen) atoms. The van der Waals surface area contributed by atoms with Gasteiger partial charge in [-0.15, -0.1) is 0 Å². The summed E-state index contributed by atoms with van der Waals surface area (Å²) in [5.74, 6) is 0.449. The van der Waals surface area contributed by atoms with E-state index in [-0.39, 0.29) is 17.5 Å². The Labute approximate surface area is 162 Å². The van der Waals surface area contributed by atoms with Crippen LogP contribution in [0.2, 0.25) is 0 Å². The van der Waals surface area contributed by atoms with Crippen LogP contribution in [0.5, 0.6) is 0 Å². The molecule has 0 unspecified atom stereocenters. The third kappa shape index (κ3) is 5.26. The molecule has 0 aliphatic heterocycles. The number of hydrogen-bond acceptors (Lipinski definition) is 3. The van der Waals surface area contributed by atoms with Crippen molar-refractivity contribution in [1.82, 2.24) is 0 Å². The maximum Gasteiger partial charge on any atom is 0.337 e. The molecule has 5 heteroatoms. The molecular weight excluding hydrogens is 434 g/mol. The molecular formula is C20H26FIO3. The van der Waals surface area contributed by atoms with Gasteiger partial charge in [-0.05, 0) is 52.4 Å². The molecule has 3 nitrogen and oxygen atoms in total. The zero-order chi connectivity index (χ0) is 18.6. The van der Waals surface area contributed by atoms with Crippen LogP contribution in [0.4, 0.5) is 4.39 Å². The smallest absolute Gasteiger partial charge is 0.337 e. The molecule has 0 heterocycles. The minimum absolute atomic E-state index is 0.122. The van der Waals surface area contributed by atoms with E-state index in [4.69, 9.17) is 4.74 Å².